The van der Waals surface area contributed by atoms with Crippen molar-refractivity contribution >= 4 is 33.2 Å². The lowest BCUT2D eigenvalue weighted by Gasteiger charge is -2.16. The molecule has 1 aromatic rings. The predicted molar refractivity (Wildman–Crippen MR) is 67.3 cm³/mol. The van der Waals surface area contributed by atoms with Crippen LogP contribution < -0.4 is 5.32 Å². The Labute approximate surface area is 103 Å². The summed E-state index contributed by atoms with van der Waals surface area (Å²) in [5.41, 5.74) is 0. The topological polar surface area (TPSA) is 32.3 Å². The standard InChI is InChI=1S/C10H15BrN2OS/c1-12-6-10(14)13(2)4-3-9-5-8(11)7-15-9/h5,7,12H,3-4,6H2,1-2H3. The maximum Gasteiger partial charge on any atom is 0.236 e. The molecule has 0 aliphatic rings. The van der Waals surface area contributed by atoms with Crippen LogP contribution in [0.2, 0.25) is 0 Å². The number of carbonyl (C=O) groups is 1. The van der Waals surface area contributed by atoms with Crippen LogP contribution in [0.4, 0.5) is 0 Å². The number of thiophene rings is 1. The first-order valence-corrected chi connectivity index (χ1v) is 6.42. The zero-order valence-corrected chi connectivity index (χ0v) is 11.3. The number of nitrogens with one attached hydrogen (secondary N) is 1. The van der Waals surface area contributed by atoms with Gasteiger partial charge in [0.15, 0.2) is 0 Å². The number of hydrogen-bond acceptors (Lipinski definition) is 3. The first kappa shape index (κ1) is 12.7. The van der Waals surface area contributed by atoms with Crippen molar-refractivity contribution in [3.8, 4) is 0 Å². The van der Waals surface area contributed by atoms with Crippen LogP contribution in [0.1, 0.15) is 4.88 Å². The summed E-state index contributed by atoms with van der Waals surface area (Å²) in [5, 5.41) is 4.91. The van der Waals surface area contributed by atoms with Gasteiger partial charge in [-0.1, -0.05) is 0 Å². The second kappa shape index (κ2) is 6.25. The molecule has 1 heterocycles. The highest BCUT2D eigenvalue weighted by atomic mass is 79.9. The molecule has 0 atom stereocenters. The van der Waals surface area contributed by atoms with E-state index in [1.54, 1.807) is 23.3 Å². The molecule has 0 fully saturated rings. The highest BCUT2D eigenvalue weighted by Crippen LogP contribution is 2.20. The highest BCUT2D eigenvalue weighted by Gasteiger charge is 2.07. The molecular weight excluding hydrogens is 276 g/mol. The largest absolute Gasteiger partial charge is 0.344 e. The van der Waals surface area contributed by atoms with Crippen LogP contribution in [0.25, 0.3) is 0 Å². The first-order chi connectivity index (χ1) is 7.13. The van der Waals surface area contributed by atoms with E-state index < -0.39 is 0 Å². The third-order valence-corrected chi connectivity index (χ3v) is 3.83. The maximum absolute atomic E-state index is 11.4. The molecule has 5 heteroatoms. The molecule has 1 amide bonds. The minimum atomic E-state index is 0.133. The summed E-state index contributed by atoms with van der Waals surface area (Å²) in [5.74, 6) is 0.133. The smallest absolute Gasteiger partial charge is 0.236 e. The Balaban J connectivity index is 2.33. The number of hydrogen-bond donors (Lipinski definition) is 1. The Morgan fingerprint density at radius 3 is 2.93 bits per heavy atom. The van der Waals surface area contributed by atoms with Gasteiger partial charge in [-0.2, -0.15) is 0 Å². The number of likely N-dealkylation sites (N-methyl/N-ethyl adjacent to an activating group) is 2. The SMILES string of the molecule is CNCC(=O)N(C)CCc1cc(Br)cs1. The van der Waals surface area contributed by atoms with Crippen molar-refractivity contribution in [3.05, 3.63) is 20.8 Å². The zero-order valence-electron chi connectivity index (χ0n) is 8.92. The van der Waals surface area contributed by atoms with Crippen molar-refractivity contribution in [2.45, 2.75) is 6.42 Å². The maximum atomic E-state index is 11.4. The molecule has 0 aliphatic heterocycles. The van der Waals surface area contributed by atoms with Gasteiger partial charge in [0, 0.05) is 28.3 Å². The van der Waals surface area contributed by atoms with Gasteiger partial charge in [0.2, 0.25) is 5.91 Å². The van der Waals surface area contributed by atoms with Crippen molar-refractivity contribution in [1.29, 1.82) is 0 Å². The van der Waals surface area contributed by atoms with E-state index in [-0.39, 0.29) is 5.91 Å². The van der Waals surface area contributed by atoms with Crippen molar-refractivity contribution in [2.24, 2.45) is 0 Å². The Kier molecular flexibility index (Phi) is 5.28. The molecule has 0 aromatic carbocycles. The molecular formula is C10H15BrN2OS. The number of nitrogens with zero attached hydrogens (tertiary/aromatic N) is 1. The lowest BCUT2D eigenvalue weighted by atomic mass is 10.3. The fraction of sp³-hybridized carbons (Fsp3) is 0.500. The Morgan fingerprint density at radius 2 is 2.40 bits per heavy atom. The summed E-state index contributed by atoms with van der Waals surface area (Å²) in [6, 6.07) is 2.10. The first-order valence-electron chi connectivity index (χ1n) is 4.75. The van der Waals surface area contributed by atoms with Crippen LogP contribution in [0.3, 0.4) is 0 Å². The molecule has 15 heavy (non-hydrogen) atoms. The van der Waals surface area contributed by atoms with Crippen molar-refractivity contribution in [2.75, 3.05) is 27.2 Å². The third-order valence-electron chi connectivity index (χ3n) is 2.07. The summed E-state index contributed by atoms with van der Waals surface area (Å²) in [6.45, 7) is 1.18. The van der Waals surface area contributed by atoms with Gasteiger partial charge < -0.3 is 10.2 Å². The number of carbonyl (C=O) groups excluding carboxylic acids is 1. The Morgan fingerprint density at radius 1 is 1.67 bits per heavy atom. The lowest BCUT2D eigenvalue weighted by Crippen LogP contribution is -2.35. The van der Waals surface area contributed by atoms with E-state index in [4.69, 9.17) is 0 Å². The van der Waals surface area contributed by atoms with Crippen LogP contribution >= 0.6 is 27.3 Å². The average Bonchev–Trinajstić information content (AvgIpc) is 2.61. The van der Waals surface area contributed by atoms with Crippen LogP contribution in [0.15, 0.2) is 15.9 Å². The minimum absolute atomic E-state index is 0.133. The molecule has 0 radical (unpaired) electrons. The van der Waals surface area contributed by atoms with E-state index in [2.05, 4.69) is 32.7 Å². The summed E-state index contributed by atoms with van der Waals surface area (Å²) in [7, 11) is 3.62. The van der Waals surface area contributed by atoms with Crippen molar-refractivity contribution in [1.82, 2.24) is 10.2 Å². The predicted octanol–water partition coefficient (Wildman–Crippen LogP) is 1.73. The molecule has 3 nitrogen and oxygen atoms in total. The van der Waals surface area contributed by atoms with Gasteiger partial charge in [0.25, 0.3) is 0 Å². The average molecular weight is 291 g/mol. The summed E-state index contributed by atoms with van der Waals surface area (Å²) in [4.78, 5) is 14.5. The fourth-order valence-electron chi connectivity index (χ4n) is 1.17. The van der Waals surface area contributed by atoms with E-state index in [9.17, 15) is 4.79 Å². The van der Waals surface area contributed by atoms with Gasteiger partial charge in [-0.3, -0.25) is 4.79 Å². The molecule has 0 unspecified atom stereocenters. The van der Waals surface area contributed by atoms with Gasteiger partial charge in [-0.15, -0.1) is 11.3 Å². The van der Waals surface area contributed by atoms with E-state index in [0.29, 0.717) is 6.54 Å². The Hall–Kier alpha value is -0.390. The van der Waals surface area contributed by atoms with Crippen molar-refractivity contribution < 1.29 is 4.79 Å². The molecule has 0 bridgehead atoms. The number of rotatable bonds is 5. The van der Waals surface area contributed by atoms with Crippen LogP contribution in [0, 0.1) is 0 Å². The highest BCUT2D eigenvalue weighted by molar-refractivity contribution is 9.10. The van der Waals surface area contributed by atoms with Gasteiger partial charge >= 0.3 is 0 Å². The van der Waals surface area contributed by atoms with E-state index in [1.165, 1.54) is 4.88 Å². The normalized spacial score (nSPS) is 10.3. The van der Waals surface area contributed by atoms with E-state index >= 15 is 0 Å². The van der Waals surface area contributed by atoms with E-state index in [0.717, 1.165) is 17.4 Å². The number of amides is 1. The van der Waals surface area contributed by atoms with Crippen LogP contribution in [-0.2, 0) is 11.2 Å². The molecule has 1 rings (SSSR count). The second-order valence-electron chi connectivity index (χ2n) is 3.33. The molecule has 84 valence electrons. The third kappa shape index (κ3) is 4.32. The molecule has 0 spiro atoms. The summed E-state index contributed by atoms with van der Waals surface area (Å²) >= 11 is 5.13. The minimum Gasteiger partial charge on any atom is -0.344 e. The molecule has 0 saturated carbocycles. The van der Waals surface area contributed by atoms with Crippen molar-refractivity contribution in [3.63, 3.8) is 0 Å². The van der Waals surface area contributed by atoms with E-state index in [1.807, 2.05) is 7.05 Å². The van der Waals surface area contributed by atoms with Crippen LogP contribution in [0.5, 0.6) is 0 Å². The molecule has 0 aliphatic carbocycles. The molecule has 0 saturated heterocycles. The van der Waals surface area contributed by atoms with Gasteiger partial charge in [-0.25, -0.2) is 0 Å². The zero-order chi connectivity index (χ0) is 11.3. The lowest BCUT2D eigenvalue weighted by molar-refractivity contribution is -0.128. The molecule has 1 aromatic heterocycles. The van der Waals surface area contributed by atoms with Gasteiger partial charge in [0.05, 0.1) is 6.54 Å². The second-order valence-corrected chi connectivity index (χ2v) is 5.24. The Bertz CT molecular complexity index is 327. The van der Waals surface area contributed by atoms with Gasteiger partial charge in [0.1, 0.15) is 0 Å². The number of halogens is 1. The fourth-order valence-corrected chi connectivity index (χ4v) is 2.62. The monoisotopic (exact) mass is 290 g/mol. The summed E-state index contributed by atoms with van der Waals surface area (Å²) < 4.78 is 1.12. The van der Waals surface area contributed by atoms with Crippen LogP contribution in [-0.4, -0.2) is 38.0 Å². The quantitative estimate of drug-likeness (QED) is 0.896. The molecule has 1 N–H and O–H groups in total. The summed E-state index contributed by atoms with van der Waals surface area (Å²) in [6.07, 6.45) is 0.919. The van der Waals surface area contributed by atoms with Gasteiger partial charge in [-0.05, 0) is 35.5 Å².